The van der Waals surface area contributed by atoms with Gasteiger partial charge in [0.15, 0.2) is 0 Å². The Balaban J connectivity index is 2.49. The number of hydrogen-bond donors (Lipinski definition) is 2. The van der Waals surface area contributed by atoms with Crippen molar-refractivity contribution in [1.29, 1.82) is 0 Å². The number of hydrogen-bond acceptors (Lipinski definition) is 2. The van der Waals surface area contributed by atoms with E-state index in [2.05, 4.69) is 5.32 Å². The SMILES string of the molecule is O=C(CNC(=O)C(F)(F)F)Nc1ccccc1Cl. The van der Waals surface area contributed by atoms with E-state index in [4.69, 9.17) is 11.6 Å². The largest absolute Gasteiger partial charge is 0.471 e. The molecule has 0 fully saturated rings. The van der Waals surface area contributed by atoms with Gasteiger partial charge in [0, 0.05) is 0 Å². The van der Waals surface area contributed by atoms with Gasteiger partial charge in [-0.05, 0) is 12.1 Å². The number of benzene rings is 1. The molecule has 1 rings (SSSR count). The minimum atomic E-state index is -5.01. The van der Waals surface area contributed by atoms with Crippen molar-refractivity contribution in [2.24, 2.45) is 0 Å². The van der Waals surface area contributed by atoms with Crippen LogP contribution < -0.4 is 10.6 Å². The van der Waals surface area contributed by atoms with Crippen LogP contribution in [0.1, 0.15) is 0 Å². The van der Waals surface area contributed by atoms with E-state index in [1.165, 1.54) is 17.4 Å². The van der Waals surface area contributed by atoms with Gasteiger partial charge in [0.25, 0.3) is 0 Å². The van der Waals surface area contributed by atoms with Crippen LogP contribution >= 0.6 is 11.6 Å². The van der Waals surface area contributed by atoms with Gasteiger partial charge in [-0.1, -0.05) is 23.7 Å². The lowest BCUT2D eigenvalue weighted by Gasteiger charge is -2.09. The molecular weight excluding hydrogens is 273 g/mol. The Hall–Kier alpha value is -1.76. The fourth-order valence-electron chi connectivity index (χ4n) is 1.02. The van der Waals surface area contributed by atoms with Crippen LogP contribution in [0.5, 0.6) is 0 Å². The highest BCUT2D eigenvalue weighted by Gasteiger charge is 2.38. The van der Waals surface area contributed by atoms with E-state index in [-0.39, 0.29) is 10.7 Å². The Bertz CT molecular complexity index is 463. The van der Waals surface area contributed by atoms with E-state index in [9.17, 15) is 22.8 Å². The van der Waals surface area contributed by atoms with Gasteiger partial charge in [-0.2, -0.15) is 13.2 Å². The smallest absolute Gasteiger partial charge is 0.339 e. The molecule has 0 radical (unpaired) electrons. The summed E-state index contributed by atoms with van der Waals surface area (Å²) in [4.78, 5) is 21.7. The molecule has 0 saturated heterocycles. The van der Waals surface area contributed by atoms with Gasteiger partial charge in [-0.3, -0.25) is 9.59 Å². The Labute approximate surface area is 105 Å². The lowest BCUT2D eigenvalue weighted by atomic mass is 10.3. The third-order valence-electron chi connectivity index (χ3n) is 1.81. The average molecular weight is 281 g/mol. The lowest BCUT2D eigenvalue weighted by molar-refractivity contribution is -0.173. The summed E-state index contributed by atoms with van der Waals surface area (Å²) in [6, 6.07) is 6.20. The fourth-order valence-corrected chi connectivity index (χ4v) is 1.20. The highest BCUT2D eigenvalue weighted by Crippen LogP contribution is 2.20. The third-order valence-corrected chi connectivity index (χ3v) is 2.14. The summed E-state index contributed by atoms with van der Waals surface area (Å²) in [7, 11) is 0. The molecule has 0 unspecified atom stereocenters. The summed E-state index contributed by atoms with van der Waals surface area (Å²) >= 11 is 5.72. The zero-order valence-electron chi connectivity index (χ0n) is 8.84. The molecule has 8 heteroatoms. The molecule has 1 aromatic rings. The van der Waals surface area contributed by atoms with E-state index >= 15 is 0 Å². The van der Waals surface area contributed by atoms with E-state index in [0.29, 0.717) is 0 Å². The normalized spacial score (nSPS) is 10.9. The molecule has 0 atom stereocenters. The maximum absolute atomic E-state index is 11.8. The van der Waals surface area contributed by atoms with Crippen molar-refractivity contribution in [1.82, 2.24) is 5.32 Å². The summed E-state index contributed by atoms with van der Waals surface area (Å²) in [5, 5.41) is 3.95. The molecule has 1 aromatic carbocycles. The monoisotopic (exact) mass is 280 g/mol. The van der Waals surface area contributed by atoms with Crippen LogP contribution in [0.4, 0.5) is 18.9 Å². The standard InChI is InChI=1S/C10H8ClF3N2O2/c11-6-3-1-2-4-7(6)16-8(17)5-15-9(18)10(12,13)14/h1-4H,5H2,(H,15,18)(H,16,17). The predicted molar refractivity (Wildman–Crippen MR) is 59.1 cm³/mol. The van der Waals surface area contributed by atoms with Crippen LogP contribution in [0.3, 0.4) is 0 Å². The Morgan fingerprint density at radius 3 is 2.39 bits per heavy atom. The third kappa shape index (κ3) is 4.25. The van der Waals surface area contributed by atoms with Gasteiger partial charge >= 0.3 is 12.1 Å². The molecule has 0 aliphatic rings. The van der Waals surface area contributed by atoms with Crippen molar-refractivity contribution in [2.75, 3.05) is 11.9 Å². The Kier molecular flexibility index (Phi) is 4.55. The van der Waals surface area contributed by atoms with Crippen LogP contribution in [0, 0.1) is 0 Å². The van der Waals surface area contributed by atoms with E-state index in [0.717, 1.165) is 0 Å². The fraction of sp³-hybridized carbons (Fsp3) is 0.200. The number of rotatable bonds is 3. The van der Waals surface area contributed by atoms with Crippen molar-refractivity contribution in [3.8, 4) is 0 Å². The zero-order valence-corrected chi connectivity index (χ0v) is 9.60. The van der Waals surface area contributed by atoms with Crippen LogP contribution in [0.2, 0.25) is 5.02 Å². The first-order valence-corrected chi connectivity index (χ1v) is 5.08. The van der Waals surface area contributed by atoms with E-state index in [1.54, 1.807) is 12.1 Å². The molecule has 0 heterocycles. The molecule has 2 amide bonds. The number of nitrogens with one attached hydrogen (secondary N) is 2. The minimum absolute atomic E-state index is 0.244. The molecule has 0 aliphatic carbocycles. The highest BCUT2D eigenvalue weighted by molar-refractivity contribution is 6.33. The molecule has 2 N–H and O–H groups in total. The van der Waals surface area contributed by atoms with E-state index < -0.39 is 24.5 Å². The quantitative estimate of drug-likeness (QED) is 0.889. The van der Waals surface area contributed by atoms with Gasteiger partial charge in [0.1, 0.15) is 0 Å². The summed E-state index contributed by atoms with van der Waals surface area (Å²) < 4.78 is 35.5. The maximum Gasteiger partial charge on any atom is 0.471 e. The van der Waals surface area contributed by atoms with Crippen molar-refractivity contribution in [3.05, 3.63) is 29.3 Å². The number of anilines is 1. The van der Waals surface area contributed by atoms with Gasteiger partial charge < -0.3 is 10.6 Å². The number of carbonyl (C=O) groups is 2. The second kappa shape index (κ2) is 5.72. The number of halogens is 4. The van der Waals surface area contributed by atoms with Crippen LogP contribution in [-0.4, -0.2) is 24.5 Å². The first-order chi connectivity index (χ1) is 8.30. The van der Waals surface area contributed by atoms with Gasteiger partial charge in [-0.25, -0.2) is 0 Å². The molecule has 0 aliphatic heterocycles. The van der Waals surface area contributed by atoms with Crippen molar-refractivity contribution in [2.45, 2.75) is 6.18 Å². The number of alkyl halides is 3. The summed E-state index contributed by atoms with van der Waals surface area (Å²) in [5.41, 5.74) is 0.255. The van der Waals surface area contributed by atoms with Crippen molar-refractivity contribution in [3.63, 3.8) is 0 Å². The number of para-hydroxylation sites is 1. The second-order valence-corrected chi connectivity index (χ2v) is 3.62. The zero-order chi connectivity index (χ0) is 13.8. The number of carbonyl (C=O) groups excluding carboxylic acids is 2. The molecule has 0 spiro atoms. The van der Waals surface area contributed by atoms with Crippen molar-refractivity contribution >= 4 is 29.1 Å². The van der Waals surface area contributed by atoms with Crippen LogP contribution in [0.15, 0.2) is 24.3 Å². The summed E-state index contributed by atoms with van der Waals surface area (Å²) in [6.45, 7) is -0.788. The first-order valence-electron chi connectivity index (χ1n) is 4.70. The van der Waals surface area contributed by atoms with Gasteiger partial charge in [0.05, 0.1) is 17.3 Å². The van der Waals surface area contributed by atoms with E-state index in [1.807, 2.05) is 0 Å². The molecule has 98 valence electrons. The van der Waals surface area contributed by atoms with Crippen LogP contribution in [-0.2, 0) is 9.59 Å². The second-order valence-electron chi connectivity index (χ2n) is 3.21. The topological polar surface area (TPSA) is 58.2 Å². The average Bonchev–Trinajstić information content (AvgIpc) is 2.27. The molecule has 0 bridgehead atoms. The van der Waals surface area contributed by atoms with Crippen LogP contribution in [0.25, 0.3) is 0 Å². The maximum atomic E-state index is 11.8. The Morgan fingerprint density at radius 1 is 1.22 bits per heavy atom. The summed E-state index contributed by atoms with van der Waals surface area (Å²) in [5.74, 6) is -2.97. The minimum Gasteiger partial charge on any atom is -0.339 e. The first kappa shape index (κ1) is 14.3. The van der Waals surface area contributed by atoms with Gasteiger partial charge in [0.2, 0.25) is 5.91 Å². The Morgan fingerprint density at radius 2 is 1.83 bits per heavy atom. The highest BCUT2D eigenvalue weighted by atomic mass is 35.5. The lowest BCUT2D eigenvalue weighted by Crippen LogP contribution is -2.41. The molecule has 0 saturated carbocycles. The van der Waals surface area contributed by atoms with Crippen molar-refractivity contribution < 1.29 is 22.8 Å². The van der Waals surface area contributed by atoms with Gasteiger partial charge in [-0.15, -0.1) is 0 Å². The molecular formula is C10H8ClF3N2O2. The number of amides is 2. The summed E-state index contributed by atoms with van der Waals surface area (Å²) in [6.07, 6.45) is -5.01. The molecule has 18 heavy (non-hydrogen) atoms. The predicted octanol–water partition coefficient (Wildman–Crippen LogP) is 1.96. The molecule has 4 nitrogen and oxygen atoms in total. The molecule has 0 aromatic heterocycles.